The molecule has 3 aromatic rings. The second-order valence-electron chi connectivity index (χ2n) is 4.98. The number of nitrogens with zero attached hydrogens (tertiary/aromatic N) is 1. The van der Waals surface area contributed by atoms with Crippen LogP contribution in [0.15, 0.2) is 77.9 Å². The van der Waals surface area contributed by atoms with Crippen molar-refractivity contribution in [2.24, 2.45) is 5.10 Å². The highest BCUT2D eigenvalue weighted by molar-refractivity contribution is 5.80. The molecule has 0 spiro atoms. The standard InChI is InChI=1S/C19H14F2N2O/c20-15-9-10-19(18(21)12-15)23-22-13-14-5-4-8-17(11-14)24-16-6-2-1-3-7-16/h1-13,23H/b22-13-. The average Bonchev–Trinajstić information content (AvgIpc) is 2.58. The molecule has 3 rings (SSSR count). The first-order valence-electron chi connectivity index (χ1n) is 7.28. The minimum atomic E-state index is -0.701. The zero-order chi connectivity index (χ0) is 16.8. The molecule has 0 aliphatic carbocycles. The molecule has 0 aliphatic rings. The molecule has 0 fully saturated rings. The van der Waals surface area contributed by atoms with Gasteiger partial charge in [-0.25, -0.2) is 8.78 Å². The lowest BCUT2D eigenvalue weighted by Gasteiger charge is -2.06. The van der Waals surface area contributed by atoms with Gasteiger partial charge in [0.15, 0.2) is 5.82 Å². The van der Waals surface area contributed by atoms with Gasteiger partial charge in [0.25, 0.3) is 0 Å². The minimum absolute atomic E-state index is 0.101. The SMILES string of the molecule is Fc1ccc(N/N=C\c2cccc(Oc3ccccc3)c2)c(F)c1. The predicted octanol–water partition coefficient (Wildman–Crippen LogP) is 5.20. The van der Waals surface area contributed by atoms with E-state index in [2.05, 4.69) is 10.5 Å². The number of anilines is 1. The largest absolute Gasteiger partial charge is 0.457 e. The lowest BCUT2D eigenvalue weighted by Crippen LogP contribution is -1.94. The molecule has 0 saturated carbocycles. The van der Waals surface area contributed by atoms with Crippen LogP contribution < -0.4 is 10.2 Å². The van der Waals surface area contributed by atoms with E-state index in [0.29, 0.717) is 5.75 Å². The number of hydrazone groups is 1. The van der Waals surface area contributed by atoms with Gasteiger partial charge < -0.3 is 4.74 Å². The third-order valence-corrected chi connectivity index (χ3v) is 3.17. The summed E-state index contributed by atoms with van der Waals surface area (Å²) in [6.07, 6.45) is 1.53. The normalized spacial score (nSPS) is 10.8. The summed E-state index contributed by atoms with van der Waals surface area (Å²) in [6.45, 7) is 0. The Balaban J connectivity index is 1.68. The Morgan fingerprint density at radius 3 is 2.42 bits per heavy atom. The molecule has 0 saturated heterocycles. The van der Waals surface area contributed by atoms with E-state index < -0.39 is 11.6 Å². The Labute approximate surface area is 138 Å². The number of halogens is 2. The Hall–Kier alpha value is -3.21. The van der Waals surface area contributed by atoms with E-state index in [0.717, 1.165) is 23.4 Å². The fourth-order valence-electron chi connectivity index (χ4n) is 2.04. The van der Waals surface area contributed by atoms with Crippen molar-refractivity contribution in [1.82, 2.24) is 0 Å². The molecule has 120 valence electrons. The Morgan fingerprint density at radius 2 is 1.62 bits per heavy atom. The third kappa shape index (κ3) is 4.16. The van der Waals surface area contributed by atoms with Crippen molar-refractivity contribution in [3.63, 3.8) is 0 Å². The van der Waals surface area contributed by atoms with Crippen molar-refractivity contribution in [2.45, 2.75) is 0 Å². The third-order valence-electron chi connectivity index (χ3n) is 3.17. The quantitative estimate of drug-likeness (QED) is 0.517. The second kappa shape index (κ2) is 7.37. The minimum Gasteiger partial charge on any atom is -0.457 e. The molecule has 0 heterocycles. The van der Waals surface area contributed by atoms with E-state index >= 15 is 0 Å². The molecule has 3 nitrogen and oxygen atoms in total. The van der Waals surface area contributed by atoms with E-state index in [1.807, 2.05) is 48.5 Å². The molecule has 3 aromatic carbocycles. The molecule has 1 N–H and O–H groups in total. The van der Waals surface area contributed by atoms with Crippen LogP contribution in [0.5, 0.6) is 11.5 Å². The van der Waals surface area contributed by atoms with Crippen LogP contribution in [-0.2, 0) is 0 Å². The topological polar surface area (TPSA) is 33.6 Å². The van der Waals surface area contributed by atoms with Crippen LogP contribution in [0.4, 0.5) is 14.5 Å². The van der Waals surface area contributed by atoms with Gasteiger partial charge in [0.2, 0.25) is 0 Å². The number of hydrogen-bond acceptors (Lipinski definition) is 3. The summed E-state index contributed by atoms with van der Waals surface area (Å²) in [5.41, 5.74) is 3.42. The summed E-state index contributed by atoms with van der Waals surface area (Å²) < 4.78 is 32.1. The van der Waals surface area contributed by atoms with Gasteiger partial charge in [0.1, 0.15) is 17.3 Å². The van der Waals surface area contributed by atoms with E-state index in [1.54, 1.807) is 6.07 Å². The first-order valence-corrected chi connectivity index (χ1v) is 7.28. The molecule has 0 bridgehead atoms. The van der Waals surface area contributed by atoms with Crippen molar-refractivity contribution in [3.05, 3.63) is 90.0 Å². The fourth-order valence-corrected chi connectivity index (χ4v) is 2.04. The van der Waals surface area contributed by atoms with Crippen molar-refractivity contribution in [2.75, 3.05) is 5.43 Å². The monoisotopic (exact) mass is 324 g/mol. The van der Waals surface area contributed by atoms with Crippen LogP contribution in [0, 0.1) is 11.6 Å². The zero-order valence-electron chi connectivity index (χ0n) is 12.6. The fraction of sp³-hybridized carbons (Fsp3) is 0. The number of rotatable bonds is 5. The summed E-state index contributed by atoms with van der Waals surface area (Å²) in [6, 6.07) is 20.0. The smallest absolute Gasteiger partial charge is 0.151 e. The van der Waals surface area contributed by atoms with Gasteiger partial charge in [-0.15, -0.1) is 0 Å². The number of ether oxygens (including phenoxy) is 1. The van der Waals surface area contributed by atoms with Gasteiger partial charge in [-0.2, -0.15) is 5.10 Å². The molecule has 0 aliphatic heterocycles. The molecule has 0 atom stereocenters. The highest BCUT2D eigenvalue weighted by atomic mass is 19.1. The molecule has 5 heteroatoms. The van der Waals surface area contributed by atoms with Crippen molar-refractivity contribution >= 4 is 11.9 Å². The summed E-state index contributed by atoms with van der Waals surface area (Å²) in [7, 11) is 0. The lowest BCUT2D eigenvalue weighted by molar-refractivity contribution is 0.482. The molecule has 0 unspecified atom stereocenters. The van der Waals surface area contributed by atoms with Crippen LogP contribution in [0.3, 0.4) is 0 Å². The molecule has 0 amide bonds. The Bertz CT molecular complexity index is 851. The van der Waals surface area contributed by atoms with Gasteiger partial charge in [-0.05, 0) is 42.0 Å². The number of nitrogens with one attached hydrogen (secondary N) is 1. The van der Waals surface area contributed by atoms with E-state index in [4.69, 9.17) is 4.74 Å². The maximum Gasteiger partial charge on any atom is 0.151 e. The average molecular weight is 324 g/mol. The van der Waals surface area contributed by atoms with Crippen molar-refractivity contribution < 1.29 is 13.5 Å². The second-order valence-corrected chi connectivity index (χ2v) is 4.98. The summed E-state index contributed by atoms with van der Waals surface area (Å²) >= 11 is 0. The first-order chi connectivity index (χ1) is 11.7. The summed E-state index contributed by atoms with van der Waals surface area (Å²) in [5, 5.41) is 3.96. The van der Waals surface area contributed by atoms with Gasteiger partial charge >= 0.3 is 0 Å². The molecule has 0 radical (unpaired) electrons. The highest BCUT2D eigenvalue weighted by Crippen LogP contribution is 2.21. The predicted molar refractivity (Wildman–Crippen MR) is 90.5 cm³/mol. The summed E-state index contributed by atoms with van der Waals surface area (Å²) in [5.74, 6) is 0.0670. The number of hydrogen-bond donors (Lipinski definition) is 1. The van der Waals surface area contributed by atoms with Crippen molar-refractivity contribution in [1.29, 1.82) is 0 Å². The Kier molecular flexibility index (Phi) is 4.81. The van der Waals surface area contributed by atoms with Crippen LogP contribution in [0.2, 0.25) is 0 Å². The van der Waals surface area contributed by atoms with Crippen LogP contribution in [-0.4, -0.2) is 6.21 Å². The maximum atomic E-state index is 13.5. The van der Waals surface area contributed by atoms with Gasteiger partial charge in [-0.3, -0.25) is 5.43 Å². The van der Waals surface area contributed by atoms with Gasteiger partial charge in [0, 0.05) is 6.07 Å². The van der Waals surface area contributed by atoms with Crippen molar-refractivity contribution in [3.8, 4) is 11.5 Å². The maximum absolute atomic E-state index is 13.5. The van der Waals surface area contributed by atoms with Gasteiger partial charge in [-0.1, -0.05) is 30.3 Å². The Morgan fingerprint density at radius 1 is 0.833 bits per heavy atom. The molecule has 0 aromatic heterocycles. The molecule has 24 heavy (non-hydrogen) atoms. The summed E-state index contributed by atoms with van der Waals surface area (Å²) in [4.78, 5) is 0. The van der Waals surface area contributed by atoms with Crippen LogP contribution in [0.1, 0.15) is 5.56 Å². The number of benzene rings is 3. The zero-order valence-corrected chi connectivity index (χ0v) is 12.6. The lowest BCUT2D eigenvalue weighted by atomic mass is 10.2. The van der Waals surface area contributed by atoms with E-state index in [-0.39, 0.29) is 5.69 Å². The van der Waals surface area contributed by atoms with E-state index in [1.165, 1.54) is 12.3 Å². The number of para-hydroxylation sites is 1. The van der Waals surface area contributed by atoms with E-state index in [9.17, 15) is 8.78 Å². The van der Waals surface area contributed by atoms with Crippen LogP contribution >= 0.6 is 0 Å². The molecular formula is C19H14F2N2O. The molecular weight excluding hydrogens is 310 g/mol. The first kappa shape index (κ1) is 15.7. The van der Waals surface area contributed by atoms with Crippen LogP contribution in [0.25, 0.3) is 0 Å². The highest BCUT2D eigenvalue weighted by Gasteiger charge is 2.02. The van der Waals surface area contributed by atoms with Gasteiger partial charge in [0.05, 0.1) is 11.9 Å².